The van der Waals surface area contributed by atoms with Gasteiger partial charge < -0.3 is 0 Å². The first kappa shape index (κ1) is 17.3. The van der Waals surface area contributed by atoms with Gasteiger partial charge in [-0.05, 0) is 43.7 Å². The summed E-state index contributed by atoms with van der Waals surface area (Å²) in [6, 6.07) is 7.42. The lowest BCUT2D eigenvalue weighted by molar-refractivity contribution is -0.118. The summed E-state index contributed by atoms with van der Waals surface area (Å²) in [7, 11) is 0. The second kappa shape index (κ2) is 7.60. The van der Waals surface area contributed by atoms with Crippen LogP contribution in [0.5, 0.6) is 0 Å². The molecule has 0 atom stereocenters. The van der Waals surface area contributed by atoms with Crippen LogP contribution >= 0.6 is 0 Å². The lowest BCUT2D eigenvalue weighted by atomic mass is 9.88. The summed E-state index contributed by atoms with van der Waals surface area (Å²) in [5.41, 5.74) is 3.46. The van der Waals surface area contributed by atoms with E-state index < -0.39 is 0 Å². The predicted octanol–water partition coefficient (Wildman–Crippen LogP) is 4.09. The van der Waals surface area contributed by atoms with Gasteiger partial charge in [-0.15, -0.1) is 0 Å². The number of hydrogen-bond donors (Lipinski definition) is 1. The van der Waals surface area contributed by atoms with Gasteiger partial charge in [0.05, 0.1) is 10.9 Å². The molecule has 26 heavy (non-hydrogen) atoms. The van der Waals surface area contributed by atoms with Crippen molar-refractivity contribution in [2.45, 2.75) is 70.1 Å². The minimum atomic E-state index is -0.157. The molecule has 0 bridgehead atoms. The number of rotatable bonds is 4. The van der Waals surface area contributed by atoms with E-state index in [2.05, 4.69) is 5.43 Å². The maximum atomic E-state index is 13.1. The third kappa shape index (κ3) is 3.53. The fourth-order valence-corrected chi connectivity index (χ4v) is 4.54. The SMILES string of the molecule is O=C(CC1CCCC1)Nn1c(C2CCCCC2)nc2ccccc2c1=O. The maximum absolute atomic E-state index is 13.1. The number of hydrogen-bond acceptors (Lipinski definition) is 3. The quantitative estimate of drug-likeness (QED) is 0.900. The van der Waals surface area contributed by atoms with Crippen LogP contribution in [0.25, 0.3) is 10.9 Å². The second-order valence-electron chi connectivity index (χ2n) is 7.85. The van der Waals surface area contributed by atoms with E-state index in [9.17, 15) is 9.59 Å². The van der Waals surface area contributed by atoms with Crippen molar-refractivity contribution in [2.75, 3.05) is 5.43 Å². The van der Waals surface area contributed by atoms with Crippen molar-refractivity contribution in [3.63, 3.8) is 0 Å². The Morgan fingerprint density at radius 3 is 2.50 bits per heavy atom. The number of aromatic nitrogens is 2. The van der Waals surface area contributed by atoms with E-state index >= 15 is 0 Å². The van der Waals surface area contributed by atoms with E-state index in [1.54, 1.807) is 6.07 Å². The molecule has 2 fully saturated rings. The number of carbonyl (C=O) groups is 1. The van der Waals surface area contributed by atoms with Gasteiger partial charge in [-0.2, -0.15) is 0 Å². The van der Waals surface area contributed by atoms with Gasteiger partial charge in [-0.25, -0.2) is 9.66 Å². The molecule has 0 unspecified atom stereocenters. The average molecular weight is 353 g/mol. The lowest BCUT2D eigenvalue weighted by Crippen LogP contribution is -2.38. The highest BCUT2D eigenvalue weighted by Crippen LogP contribution is 2.32. The number of benzene rings is 1. The number of nitrogens with one attached hydrogen (secondary N) is 1. The van der Waals surface area contributed by atoms with Crippen LogP contribution in [0.3, 0.4) is 0 Å². The van der Waals surface area contributed by atoms with E-state index in [1.165, 1.54) is 23.9 Å². The van der Waals surface area contributed by atoms with E-state index in [4.69, 9.17) is 4.98 Å². The van der Waals surface area contributed by atoms with Crippen LogP contribution in [0.4, 0.5) is 0 Å². The third-order valence-corrected chi connectivity index (χ3v) is 5.96. The minimum Gasteiger partial charge on any atom is -0.273 e. The standard InChI is InChI=1S/C21H27N3O2/c25-19(14-15-8-4-5-9-15)23-24-20(16-10-2-1-3-11-16)22-18-13-7-6-12-17(18)21(24)26/h6-7,12-13,15-16H,1-5,8-11,14H2,(H,23,25). The molecule has 1 heterocycles. The molecule has 5 nitrogen and oxygen atoms in total. The molecule has 0 spiro atoms. The van der Waals surface area contributed by atoms with Crippen molar-refractivity contribution in [3.05, 3.63) is 40.4 Å². The smallest absolute Gasteiger partial charge is 0.273 e. The number of para-hydroxylation sites is 1. The predicted molar refractivity (Wildman–Crippen MR) is 103 cm³/mol. The zero-order chi connectivity index (χ0) is 17.9. The first-order valence-corrected chi connectivity index (χ1v) is 10.0. The van der Waals surface area contributed by atoms with E-state index in [-0.39, 0.29) is 17.4 Å². The summed E-state index contributed by atoms with van der Waals surface area (Å²) in [5, 5.41) is 0.563. The molecule has 0 aliphatic heterocycles. The molecule has 1 aromatic heterocycles. The Kier molecular flexibility index (Phi) is 5.05. The lowest BCUT2D eigenvalue weighted by Gasteiger charge is -2.24. The van der Waals surface area contributed by atoms with Gasteiger partial charge in [-0.3, -0.25) is 15.0 Å². The highest BCUT2D eigenvalue weighted by atomic mass is 16.2. The van der Waals surface area contributed by atoms with Gasteiger partial charge in [0, 0.05) is 12.3 Å². The summed E-state index contributed by atoms with van der Waals surface area (Å²) in [5.74, 6) is 1.37. The molecule has 2 aliphatic carbocycles. The molecule has 5 heteroatoms. The Balaban J connectivity index is 1.69. The van der Waals surface area contributed by atoms with Crippen LogP contribution in [-0.4, -0.2) is 15.6 Å². The molecule has 1 amide bonds. The molecular formula is C21H27N3O2. The maximum Gasteiger partial charge on any atom is 0.280 e. The van der Waals surface area contributed by atoms with Crippen molar-refractivity contribution in [1.29, 1.82) is 0 Å². The molecule has 4 rings (SSSR count). The zero-order valence-electron chi connectivity index (χ0n) is 15.2. The number of amides is 1. The Hall–Kier alpha value is -2.17. The summed E-state index contributed by atoms with van der Waals surface area (Å²) in [6.07, 6.45) is 10.8. The summed E-state index contributed by atoms with van der Waals surface area (Å²) >= 11 is 0. The van der Waals surface area contributed by atoms with Crippen LogP contribution in [-0.2, 0) is 4.79 Å². The molecule has 0 radical (unpaired) electrons. The van der Waals surface area contributed by atoms with Gasteiger partial charge in [0.25, 0.3) is 5.56 Å². The van der Waals surface area contributed by atoms with Crippen molar-refractivity contribution >= 4 is 16.8 Å². The topological polar surface area (TPSA) is 64.0 Å². The molecule has 2 aliphatic rings. The molecule has 2 aromatic rings. The second-order valence-corrected chi connectivity index (χ2v) is 7.85. The van der Waals surface area contributed by atoms with Crippen LogP contribution in [0, 0.1) is 5.92 Å². The molecule has 2 saturated carbocycles. The van der Waals surface area contributed by atoms with Crippen LogP contribution in [0.1, 0.15) is 76.0 Å². The summed E-state index contributed by atoms with van der Waals surface area (Å²) in [4.78, 5) is 30.5. The van der Waals surface area contributed by atoms with Crippen molar-refractivity contribution < 1.29 is 4.79 Å². The Morgan fingerprint density at radius 1 is 1.04 bits per heavy atom. The highest BCUT2D eigenvalue weighted by molar-refractivity contribution is 5.85. The molecule has 138 valence electrons. The number of fused-ring (bicyclic) bond motifs is 1. The fourth-order valence-electron chi connectivity index (χ4n) is 4.54. The van der Waals surface area contributed by atoms with Gasteiger partial charge in [0.1, 0.15) is 5.82 Å². The van der Waals surface area contributed by atoms with E-state index in [0.29, 0.717) is 17.7 Å². The molecule has 0 saturated heterocycles. The molecule has 1 N–H and O–H groups in total. The van der Waals surface area contributed by atoms with Crippen molar-refractivity contribution in [2.24, 2.45) is 5.92 Å². The van der Waals surface area contributed by atoms with Crippen molar-refractivity contribution in [3.8, 4) is 0 Å². The van der Waals surface area contributed by atoms with E-state index in [0.717, 1.165) is 49.9 Å². The van der Waals surface area contributed by atoms with Crippen LogP contribution < -0.4 is 11.0 Å². The Labute approximate surface area is 153 Å². The number of nitrogens with zero attached hydrogens (tertiary/aromatic N) is 2. The van der Waals surface area contributed by atoms with Gasteiger partial charge in [0.2, 0.25) is 5.91 Å². The van der Waals surface area contributed by atoms with Crippen molar-refractivity contribution in [1.82, 2.24) is 9.66 Å². The Bertz CT molecular complexity index is 846. The van der Waals surface area contributed by atoms with Gasteiger partial charge >= 0.3 is 0 Å². The average Bonchev–Trinajstić information content (AvgIpc) is 3.17. The van der Waals surface area contributed by atoms with Crippen LogP contribution in [0.15, 0.2) is 29.1 Å². The first-order valence-electron chi connectivity index (χ1n) is 10.0. The minimum absolute atomic E-state index is 0.0619. The number of carbonyl (C=O) groups excluding carboxylic acids is 1. The summed E-state index contributed by atoms with van der Waals surface area (Å²) < 4.78 is 1.45. The zero-order valence-corrected chi connectivity index (χ0v) is 15.2. The Morgan fingerprint density at radius 2 is 1.73 bits per heavy atom. The molecular weight excluding hydrogens is 326 g/mol. The monoisotopic (exact) mass is 353 g/mol. The summed E-state index contributed by atoms with van der Waals surface area (Å²) in [6.45, 7) is 0. The molecule has 1 aromatic carbocycles. The first-order chi connectivity index (χ1) is 12.7. The third-order valence-electron chi connectivity index (χ3n) is 5.96. The normalized spacial score (nSPS) is 19.1. The van der Waals surface area contributed by atoms with E-state index in [1.807, 2.05) is 18.2 Å². The fraction of sp³-hybridized carbons (Fsp3) is 0.571. The van der Waals surface area contributed by atoms with Gasteiger partial charge in [-0.1, -0.05) is 44.2 Å². The van der Waals surface area contributed by atoms with Gasteiger partial charge in [0.15, 0.2) is 0 Å². The largest absolute Gasteiger partial charge is 0.280 e. The highest BCUT2D eigenvalue weighted by Gasteiger charge is 2.24. The van der Waals surface area contributed by atoms with Crippen LogP contribution in [0.2, 0.25) is 0 Å².